The van der Waals surface area contributed by atoms with Gasteiger partial charge in [0.25, 0.3) is 5.91 Å². The number of nitrogens with zero attached hydrogens (tertiary/aromatic N) is 5. The second-order valence-corrected chi connectivity index (χ2v) is 13.8. The molecule has 8 atom stereocenters. The van der Waals surface area contributed by atoms with Crippen LogP contribution in [0.1, 0.15) is 38.1 Å². The molecule has 2 aromatic carbocycles. The van der Waals surface area contributed by atoms with Crippen LogP contribution in [-0.2, 0) is 19.1 Å². The summed E-state index contributed by atoms with van der Waals surface area (Å²) in [5.41, 5.74) is -0.114. The van der Waals surface area contributed by atoms with Gasteiger partial charge in [0.05, 0.1) is 31.1 Å². The molecule has 3 heterocycles. The highest BCUT2D eigenvalue weighted by molar-refractivity contribution is 6.35. The third-order valence-electron chi connectivity index (χ3n) is 9.51. The van der Waals surface area contributed by atoms with E-state index in [0.717, 1.165) is 4.68 Å². The van der Waals surface area contributed by atoms with Gasteiger partial charge in [-0.2, -0.15) is 0 Å². The SMILES string of the molecule is O=C(CO[C@@H]1[C@@H](n2cc(-c3cc(F)c(F)c(F)c3)nn2)[C@@H](O)[C@@H](CO)O[C@H]1C(=O)N(c1cc(Cl)cc(Cl)c1)[C@H]1CCCC[C@@H]1O)N1CC[C@@H](O)C1. The van der Waals surface area contributed by atoms with E-state index < -0.39 is 91.2 Å². The molecule has 18 heteroatoms. The lowest BCUT2D eigenvalue weighted by molar-refractivity contribution is -0.217. The summed E-state index contributed by atoms with van der Waals surface area (Å²) in [5.74, 6) is -5.96. The number of aromatic nitrogens is 3. The van der Waals surface area contributed by atoms with Gasteiger partial charge < -0.3 is 39.7 Å². The number of halogens is 5. The minimum atomic E-state index is -1.68. The molecule has 0 bridgehead atoms. The molecule has 51 heavy (non-hydrogen) atoms. The summed E-state index contributed by atoms with van der Waals surface area (Å²) in [7, 11) is 0. The molecule has 13 nitrogen and oxygen atoms in total. The molecule has 6 rings (SSSR count). The number of carbonyl (C=O) groups excluding carboxylic acids is 2. The van der Waals surface area contributed by atoms with Crippen LogP contribution in [0.2, 0.25) is 10.0 Å². The molecule has 1 aliphatic carbocycles. The molecule has 2 saturated heterocycles. The zero-order chi connectivity index (χ0) is 36.6. The van der Waals surface area contributed by atoms with Crippen LogP contribution in [0, 0.1) is 17.5 Å². The Kier molecular flexibility index (Phi) is 11.5. The number of likely N-dealkylation sites (tertiary alicyclic amines) is 1. The summed E-state index contributed by atoms with van der Waals surface area (Å²) < 4.78 is 55.2. The highest BCUT2D eigenvalue weighted by Gasteiger charge is 2.52. The third-order valence-corrected chi connectivity index (χ3v) is 9.95. The van der Waals surface area contributed by atoms with E-state index in [1.165, 1.54) is 34.2 Å². The van der Waals surface area contributed by atoms with E-state index in [1.54, 1.807) is 0 Å². The maximum Gasteiger partial charge on any atom is 0.259 e. The maximum absolute atomic E-state index is 14.9. The first-order valence-electron chi connectivity index (χ1n) is 16.4. The van der Waals surface area contributed by atoms with Crippen LogP contribution in [0.3, 0.4) is 0 Å². The Morgan fingerprint density at radius 3 is 2.31 bits per heavy atom. The Bertz CT molecular complexity index is 1710. The third kappa shape index (κ3) is 7.88. The molecule has 3 fully saturated rings. The predicted molar refractivity (Wildman–Crippen MR) is 175 cm³/mol. The van der Waals surface area contributed by atoms with Crippen molar-refractivity contribution in [2.75, 3.05) is 31.2 Å². The number of hydrogen-bond donors (Lipinski definition) is 4. The Morgan fingerprint density at radius 1 is 1.00 bits per heavy atom. The van der Waals surface area contributed by atoms with Crippen molar-refractivity contribution in [2.24, 2.45) is 0 Å². The highest BCUT2D eigenvalue weighted by Crippen LogP contribution is 2.38. The number of amides is 2. The van der Waals surface area contributed by atoms with Crippen molar-refractivity contribution in [3.05, 3.63) is 64.0 Å². The van der Waals surface area contributed by atoms with Gasteiger partial charge in [0.1, 0.15) is 36.7 Å². The van der Waals surface area contributed by atoms with Gasteiger partial charge in [0.2, 0.25) is 5.91 Å². The minimum absolute atomic E-state index is 0.0600. The van der Waals surface area contributed by atoms with Crippen LogP contribution < -0.4 is 4.90 Å². The first-order valence-corrected chi connectivity index (χ1v) is 17.2. The molecule has 4 N–H and O–H groups in total. The van der Waals surface area contributed by atoms with Gasteiger partial charge in [-0.25, -0.2) is 17.9 Å². The van der Waals surface area contributed by atoms with Crippen molar-refractivity contribution in [3.8, 4) is 11.3 Å². The molecule has 1 saturated carbocycles. The Morgan fingerprint density at radius 2 is 1.69 bits per heavy atom. The van der Waals surface area contributed by atoms with E-state index in [4.69, 9.17) is 32.7 Å². The molecule has 276 valence electrons. The van der Waals surface area contributed by atoms with Crippen molar-refractivity contribution < 1.29 is 52.7 Å². The number of aliphatic hydroxyl groups is 4. The van der Waals surface area contributed by atoms with E-state index >= 15 is 0 Å². The van der Waals surface area contributed by atoms with E-state index in [-0.39, 0.29) is 40.1 Å². The van der Waals surface area contributed by atoms with E-state index in [1.807, 2.05) is 0 Å². The van der Waals surface area contributed by atoms with Gasteiger partial charge in [-0.15, -0.1) is 5.10 Å². The van der Waals surface area contributed by atoms with E-state index in [0.29, 0.717) is 44.2 Å². The summed E-state index contributed by atoms with van der Waals surface area (Å²) in [6, 6.07) is 3.64. The number of rotatable bonds is 9. The average Bonchev–Trinajstić information content (AvgIpc) is 3.76. The van der Waals surface area contributed by atoms with Crippen molar-refractivity contribution in [1.29, 1.82) is 0 Å². The van der Waals surface area contributed by atoms with Crippen LogP contribution >= 0.6 is 23.2 Å². The van der Waals surface area contributed by atoms with Crippen molar-refractivity contribution in [2.45, 2.75) is 80.8 Å². The molecule has 3 aliphatic rings. The smallest absolute Gasteiger partial charge is 0.259 e. The molecule has 0 radical (unpaired) electrons. The topological polar surface area (TPSA) is 171 Å². The first kappa shape index (κ1) is 37.4. The lowest BCUT2D eigenvalue weighted by Crippen LogP contribution is -2.63. The molecular weight excluding hydrogens is 722 g/mol. The van der Waals surface area contributed by atoms with Crippen LogP contribution in [0.5, 0.6) is 0 Å². The maximum atomic E-state index is 14.9. The molecule has 0 unspecified atom stereocenters. The number of β-amino-alcohol motifs (C(OH)–C–C–N with tert-alkyl or cyclic N) is 1. The normalized spacial score (nSPS) is 28.2. The van der Waals surface area contributed by atoms with Gasteiger partial charge in [0.15, 0.2) is 23.6 Å². The number of hydrogen-bond acceptors (Lipinski definition) is 10. The predicted octanol–water partition coefficient (Wildman–Crippen LogP) is 2.65. The summed E-state index contributed by atoms with van der Waals surface area (Å²) in [6.45, 7) is -1.11. The zero-order valence-corrected chi connectivity index (χ0v) is 28.5. The summed E-state index contributed by atoms with van der Waals surface area (Å²) in [4.78, 5) is 30.7. The lowest BCUT2D eigenvalue weighted by Gasteiger charge is -2.46. The second-order valence-electron chi connectivity index (χ2n) is 12.9. The standard InChI is InChI=1S/C33H36Cl2F3N5O8/c34-17-9-18(35)11-19(10-17)43(24-3-1-2-4-25(24)46)33(49)32-31(50-15-27(47)41-6-5-20(45)12-41)29(30(48)26(14-44)51-32)42-13-23(39-40-42)16-7-21(36)28(38)22(37)8-16/h7-11,13,20,24-26,29-32,44-46,48H,1-6,12,14-15H2/t20-,24+,25+,26-,29+,30+,31-,32-/m1/s1. The molecule has 1 aromatic heterocycles. The fourth-order valence-corrected chi connectivity index (χ4v) is 7.47. The average molecular weight is 759 g/mol. The molecular formula is C33H36Cl2F3N5O8. The zero-order valence-electron chi connectivity index (χ0n) is 27.0. The fraction of sp³-hybridized carbons (Fsp3) is 0.515. The van der Waals surface area contributed by atoms with Crippen LogP contribution in [-0.4, -0.2) is 121 Å². The largest absolute Gasteiger partial charge is 0.394 e. The number of aliphatic hydroxyl groups excluding tert-OH is 4. The lowest BCUT2D eigenvalue weighted by atomic mass is 9.88. The van der Waals surface area contributed by atoms with E-state index in [9.17, 15) is 43.2 Å². The number of anilines is 1. The van der Waals surface area contributed by atoms with Crippen molar-refractivity contribution in [1.82, 2.24) is 19.9 Å². The number of benzene rings is 2. The fourth-order valence-electron chi connectivity index (χ4n) is 6.96. The first-order chi connectivity index (χ1) is 24.4. The molecule has 2 amide bonds. The number of ether oxygens (including phenoxy) is 2. The highest BCUT2D eigenvalue weighted by atomic mass is 35.5. The van der Waals surface area contributed by atoms with Crippen LogP contribution in [0.25, 0.3) is 11.3 Å². The van der Waals surface area contributed by atoms with Crippen molar-refractivity contribution >= 4 is 40.7 Å². The van der Waals surface area contributed by atoms with E-state index in [2.05, 4.69) is 10.3 Å². The number of carbonyl (C=O) groups is 2. The Hall–Kier alpha value is -3.35. The van der Waals surface area contributed by atoms with Gasteiger partial charge in [-0.05, 0) is 49.6 Å². The summed E-state index contributed by atoms with van der Waals surface area (Å²) >= 11 is 12.7. The molecule has 2 aliphatic heterocycles. The summed E-state index contributed by atoms with van der Waals surface area (Å²) in [6.07, 6.45) is -4.29. The monoisotopic (exact) mass is 757 g/mol. The van der Waals surface area contributed by atoms with Gasteiger partial charge in [0, 0.05) is 34.4 Å². The summed E-state index contributed by atoms with van der Waals surface area (Å²) in [5, 5.41) is 51.3. The Balaban J connectivity index is 1.42. The van der Waals surface area contributed by atoms with Crippen LogP contribution in [0.15, 0.2) is 36.5 Å². The van der Waals surface area contributed by atoms with Crippen molar-refractivity contribution in [3.63, 3.8) is 0 Å². The van der Waals surface area contributed by atoms with Gasteiger partial charge >= 0.3 is 0 Å². The molecule has 0 spiro atoms. The van der Waals surface area contributed by atoms with Crippen LogP contribution in [0.4, 0.5) is 18.9 Å². The molecule has 3 aromatic rings. The quantitative estimate of drug-likeness (QED) is 0.238. The van der Waals surface area contributed by atoms with Gasteiger partial charge in [-0.1, -0.05) is 41.3 Å². The second kappa shape index (κ2) is 15.7. The minimum Gasteiger partial charge on any atom is -0.394 e. The van der Waals surface area contributed by atoms with Gasteiger partial charge in [-0.3, -0.25) is 9.59 Å². The Labute approximate surface area is 300 Å².